The third kappa shape index (κ3) is 3.67. The maximum atomic E-state index is 12.9. The molecule has 1 aliphatic heterocycles. The Hall–Kier alpha value is -1.62. The average Bonchev–Trinajstić information content (AvgIpc) is 2.39. The largest absolute Gasteiger partial charge is 0.388 e. The maximum Gasteiger partial charge on any atom is 0.123 e. The summed E-state index contributed by atoms with van der Waals surface area (Å²) in [6.07, 6.45) is 0.622. The van der Waals surface area contributed by atoms with Crippen LogP contribution in [0.15, 0.2) is 24.3 Å². The smallest absolute Gasteiger partial charge is 0.123 e. The summed E-state index contributed by atoms with van der Waals surface area (Å²) in [7, 11) is 0. The molecule has 2 rings (SSSR count). The highest BCUT2D eigenvalue weighted by Crippen LogP contribution is 2.18. The molecule has 0 bridgehead atoms. The number of piperazine rings is 1. The SMILES string of the molecule is CC(CC(=N)N)N1CCN(c2ccc(F)cc2)CC1. The van der Waals surface area contributed by atoms with E-state index in [0.29, 0.717) is 12.5 Å². The lowest BCUT2D eigenvalue weighted by Crippen LogP contribution is -2.50. The number of nitrogens with zero attached hydrogens (tertiary/aromatic N) is 2. The highest BCUT2D eigenvalue weighted by Gasteiger charge is 2.21. The van der Waals surface area contributed by atoms with E-state index >= 15 is 0 Å². The monoisotopic (exact) mass is 264 g/mol. The Balaban J connectivity index is 1.88. The van der Waals surface area contributed by atoms with Crippen LogP contribution in [0.4, 0.5) is 10.1 Å². The molecule has 1 saturated heterocycles. The van der Waals surface area contributed by atoms with Gasteiger partial charge < -0.3 is 10.6 Å². The summed E-state index contributed by atoms with van der Waals surface area (Å²) in [5.41, 5.74) is 6.51. The van der Waals surface area contributed by atoms with Gasteiger partial charge in [0.05, 0.1) is 5.84 Å². The fraction of sp³-hybridized carbons (Fsp3) is 0.500. The Morgan fingerprint density at radius 2 is 1.84 bits per heavy atom. The van der Waals surface area contributed by atoms with Crippen LogP contribution in [-0.2, 0) is 0 Å². The van der Waals surface area contributed by atoms with Gasteiger partial charge in [-0.05, 0) is 31.2 Å². The molecule has 0 aromatic heterocycles. The van der Waals surface area contributed by atoms with E-state index in [4.69, 9.17) is 11.1 Å². The number of hydrogen-bond donors (Lipinski definition) is 2. The Kier molecular flexibility index (Phi) is 4.37. The van der Waals surface area contributed by atoms with E-state index in [0.717, 1.165) is 31.9 Å². The second-order valence-electron chi connectivity index (χ2n) is 5.08. The maximum absolute atomic E-state index is 12.9. The molecule has 0 aliphatic carbocycles. The van der Waals surface area contributed by atoms with Crippen LogP contribution in [0.25, 0.3) is 0 Å². The lowest BCUT2D eigenvalue weighted by Gasteiger charge is -2.39. The number of anilines is 1. The quantitative estimate of drug-likeness (QED) is 0.642. The molecule has 0 amide bonds. The van der Waals surface area contributed by atoms with Crippen LogP contribution in [-0.4, -0.2) is 43.0 Å². The van der Waals surface area contributed by atoms with E-state index in [-0.39, 0.29) is 11.7 Å². The molecule has 3 N–H and O–H groups in total. The zero-order valence-corrected chi connectivity index (χ0v) is 11.3. The molecular weight excluding hydrogens is 243 g/mol. The minimum absolute atomic E-state index is 0.197. The first-order valence-electron chi connectivity index (χ1n) is 6.63. The first-order valence-corrected chi connectivity index (χ1v) is 6.63. The summed E-state index contributed by atoms with van der Waals surface area (Å²) in [6.45, 7) is 5.86. The van der Waals surface area contributed by atoms with E-state index in [2.05, 4.69) is 16.7 Å². The number of nitrogens with two attached hydrogens (primary N) is 1. The zero-order valence-electron chi connectivity index (χ0n) is 11.3. The number of halogens is 1. The van der Waals surface area contributed by atoms with Gasteiger partial charge in [0, 0.05) is 44.3 Å². The number of amidine groups is 1. The van der Waals surface area contributed by atoms with Gasteiger partial charge in [0.2, 0.25) is 0 Å². The van der Waals surface area contributed by atoms with E-state index in [1.807, 2.05) is 12.1 Å². The van der Waals surface area contributed by atoms with Crippen molar-refractivity contribution in [2.24, 2.45) is 5.73 Å². The van der Waals surface area contributed by atoms with Crippen LogP contribution in [0, 0.1) is 11.2 Å². The van der Waals surface area contributed by atoms with Crippen LogP contribution in [0.5, 0.6) is 0 Å². The van der Waals surface area contributed by atoms with Gasteiger partial charge in [0.1, 0.15) is 5.82 Å². The molecule has 1 atom stereocenters. The van der Waals surface area contributed by atoms with Crippen molar-refractivity contribution in [2.75, 3.05) is 31.1 Å². The summed E-state index contributed by atoms with van der Waals surface area (Å²) in [4.78, 5) is 4.61. The van der Waals surface area contributed by atoms with Crippen molar-refractivity contribution in [3.05, 3.63) is 30.1 Å². The van der Waals surface area contributed by atoms with Crippen LogP contribution in [0.1, 0.15) is 13.3 Å². The molecule has 1 aliphatic rings. The second kappa shape index (κ2) is 6.02. The fourth-order valence-corrected chi connectivity index (χ4v) is 2.52. The predicted octanol–water partition coefficient (Wildman–Crippen LogP) is 1.66. The van der Waals surface area contributed by atoms with Crippen LogP contribution >= 0.6 is 0 Å². The van der Waals surface area contributed by atoms with Gasteiger partial charge in [-0.25, -0.2) is 4.39 Å². The van der Waals surface area contributed by atoms with Crippen LogP contribution < -0.4 is 10.6 Å². The minimum atomic E-state index is -0.197. The van der Waals surface area contributed by atoms with Crippen LogP contribution in [0.3, 0.4) is 0 Å². The van der Waals surface area contributed by atoms with Crippen molar-refractivity contribution in [3.63, 3.8) is 0 Å². The third-order valence-corrected chi connectivity index (χ3v) is 3.64. The Morgan fingerprint density at radius 3 is 2.37 bits per heavy atom. The normalized spacial score (nSPS) is 18.3. The summed E-state index contributed by atoms with van der Waals surface area (Å²) in [5, 5.41) is 7.34. The summed E-state index contributed by atoms with van der Waals surface area (Å²) in [6, 6.07) is 6.96. The minimum Gasteiger partial charge on any atom is -0.388 e. The lowest BCUT2D eigenvalue weighted by molar-refractivity contribution is 0.201. The number of benzene rings is 1. The molecule has 1 aromatic rings. The van der Waals surface area contributed by atoms with Gasteiger partial charge in [-0.1, -0.05) is 0 Å². The Labute approximate surface area is 113 Å². The molecule has 104 valence electrons. The van der Waals surface area contributed by atoms with E-state index in [1.165, 1.54) is 12.1 Å². The van der Waals surface area contributed by atoms with Crippen molar-refractivity contribution < 1.29 is 4.39 Å². The molecular formula is C14H21FN4. The standard InChI is InChI=1S/C14H21FN4/c1-11(10-14(16)17)18-6-8-19(9-7-18)13-4-2-12(15)3-5-13/h2-5,11H,6-10H2,1H3,(H3,16,17). The van der Waals surface area contributed by atoms with Crippen molar-refractivity contribution in [1.82, 2.24) is 4.90 Å². The average molecular weight is 264 g/mol. The Morgan fingerprint density at radius 1 is 1.26 bits per heavy atom. The lowest BCUT2D eigenvalue weighted by atomic mass is 10.1. The molecule has 0 radical (unpaired) electrons. The van der Waals surface area contributed by atoms with Crippen molar-refractivity contribution in [3.8, 4) is 0 Å². The van der Waals surface area contributed by atoms with Crippen molar-refractivity contribution in [2.45, 2.75) is 19.4 Å². The summed E-state index contributed by atoms with van der Waals surface area (Å²) < 4.78 is 12.9. The topological polar surface area (TPSA) is 56.4 Å². The van der Waals surface area contributed by atoms with E-state index < -0.39 is 0 Å². The van der Waals surface area contributed by atoms with Gasteiger partial charge in [-0.15, -0.1) is 0 Å². The first-order chi connectivity index (χ1) is 9.06. The molecule has 5 heteroatoms. The first kappa shape index (κ1) is 13.8. The number of nitrogens with one attached hydrogen (secondary N) is 1. The molecule has 0 saturated carbocycles. The second-order valence-corrected chi connectivity index (χ2v) is 5.08. The van der Waals surface area contributed by atoms with Crippen molar-refractivity contribution in [1.29, 1.82) is 5.41 Å². The number of hydrogen-bond acceptors (Lipinski definition) is 3. The fourth-order valence-electron chi connectivity index (χ4n) is 2.52. The molecule has 19 heavy (non-hydrogen) atoms. The Bertz CT molecular complexity index is 424. The number of rotatable bonds is 4. The summed E-state index contributed by atoms with van der Waals surface area (Å²) >= 11 is 0. The molecule has 1 unspecified atom stereocenters. The zero-order chi connectivity index (χ0) is 13.8. The van der Waals surface area contributed by atoms with Crippen molar-refractivity contribution >= 4 is 11.5 Å². The molecule has 1 fully saturated rings. The molecule has 1 aromatic carbocycles. The highest BCUT2D eigenvalue weighted by molar-refractivity contribution is 5.77. The van der Waals surface area contributed by atoms with E-state index in [1.54, 1.807) is 0 Å². The van der Waals surface area contributed by atoms with Gasteiger partial charge in [0.25, 0.3) is 0 Å². The molecule has 1 heterocycles. The molecule has 4 nitrogen and oxygen atoms in total. The van der Waals surface area contributed by atoms with Gasteiger partial charge in [-0.3, -0.25) is 10.3 Å². The third-order valence-electron chi connectivity index (χ3n) is 3.64. The predicted molar refractivity (Wildman–Crippen MR) is 76.2 cm³/mol. The highest BCUT2D eigenvalue weighted by atomic mass is 19.1. The van der Waals surface area contributed by atoms with Gasteiger partial charge in [0.15, 0.2) is 0 Å². The molecule has 0 spiro atoms. The van der Waals surface area contributed by atoms with Gasteiger partial charge in [-0.2, -0.15) is 0 Å². The van der Waals surface area contributed by atoms with Crippen LogP contribution in [0.2, 0.25) is 0 Å². The van der Waals surface area contributed by atoms with E-state index in [9.17, 15) is 4.39 Å². The van der Waals surface area contributed by atoms with Gasteiger partial charge >= 0.3 is 0 Å². The summed E-state index contributed by atoms with van der Waals surface area (Å²) in [5.74, 6) is 0.0472.